The average molecular weight is 587 g/mol. The van der Waals surface area contributed by atoms with Gasteiger partial charge >= 0.3 is 5.97 Å². The number of carbonyl (C=O) groups is 3. The van der Waals surface area contributed by atoms with Crippen molar-refractivity contribution in [2.45, 2.75) is 19.8 Å². The molecular weight excluding hydrogens is 556 g/mol. The number of nitrogens with zero attached hydrogens (tertiary/aromatic N) is 3. The molecule has 2 amide bonds. The highest BCUT2D eigenvalue weighted by Crippen LogP contribution is 2.25. The highest BCUT2D eigenvalue weighted by molar-refractivity contribution is 8.02. The van der Waals surface area contributed by atoms with Crippen molar-refractivity contribution in [3.63, 3.8) is 0 Å². The van der Waals surface area contributed by atoms with E-state index in [1.54, 1.807) is 56.5 Å². The molecule has 0 fully saturated rings. The maximum atomic E-state index is 13.3. The van der Waals surface area contributed by atoms with Gasteiger partial charge in [-0.2, -0.15) is 5.10 Å². The standard InChI is InChI=1S/C30H30N6O5S/c1-19-13-26(36(2)34-19)30(39)33-24-9-5-7-20(14-24)11-12-22-17-23(18-32-28(22)31)29(38)35-42(4,40)25-10-6-8-21(15-25)16-27(37)41-3/h5-10,13-14,17-18,21H,4,15-16H2,1-3H3,(H2,31,32)(H,33,39)(H,35,38,40). The number of allylic oxidation sites excluding steroid dienone is 4. The maximum absolute atomic E-state index is 13.3. The van der Waals surface area contributed by atoms with Crippen LogP contribution in [0.3, 0.4) is 0 Å². The second-order valence-corrected chi connectivity index (χ2v) is 11.7. The third kappa shape index (κ3) is 7.32. The third-order valence-corrected chi connectivity index (χ3v) is 8.01. The molecule has 1 aliphatic carbocycles. The molecule has 0 spiro atoms. The number of rotatable bonds is 7. The summed E-state index contributed by atoms with van der Waals surface area (Å²) in [4.78, 5) is 41.8. The number of benzene rings is 1. The smallest absolute Gasteiger partial charge is 0.306 e. The van der Waals surface area contributed by atoms with E-state index in [4.69, 9.17) is 10.5 Å². The minimum Gasteiger partial charge on any atom is -0.469 e. The fourth-order valence-electron chi connectivity index (χ4n) is 4.20. The van der Waals surface area contributed by atoms with Crippen molar-refractivity contribution in [2.75, 3.05) is 18.2 Å². The highest BCUT2D eigenvalue weighted by Gasteiger charge is 2.23. The molecule has 2 aromatic heterocycles. The average Bonchev–Trinajstić information content (AvgIpc) is 3.30. The van der Waals surface area contributed by atoms with E-state index >= 15 is 0 Å². The van der Waals surface area contributed by atoms with Gasteiger partial charge < -0.3 is 15.8 Å². The first-order valence-corrected chi connectivity index (χ1v) is 14.5. The summed E-state index contributed by atoms with van der Waals surface area (Å²) in [6.45, 7) is 1.80. The van der Waals surface area contributed by atoms with E-state index in [1.165, 1.54) is 24.1 Å². The number of aryl methyl sites for hydroxylation is 2. The summed E-state index contributed by atoms with van der Waals surface area (Å²) in [6.07, 6.45) is 6.79. The van der Waals surface area contributed by atoms with E-state index in [0.717, 1.165) is 5.69 Å². The number of hydrogen-bond donors (Lipinski definition) is 3. The number of nitrogens with two attached hydrogens (primary N) is 1. The SMILES string of the molecule is C=S(=O)(NC(=O)c1cnc(N)c(C#Cc2cccc(NC(=O)c3cc(C)nn3C)c2)c1)C1=CC=CC(CC(=O)OC)C1. The Kier molecular flexibility index (Phi) is 8.93. The van der Waals surface area contributed by atoms with Crippen LogP contribution in [0.4, 0.5) is 11.5 Å². The molecule has 2 heterocycles. The molecule has 0 saturated carbocycles. The molecular formula is C30H30N6O5S. The van der Waals surface area contributed by atoms with E-state index < -0.39 is 15.6 Å². The zero-order valence-electron chi connectivity index (χ0n) is 23.3. The van der Waals surface area contributed by atoms with Crippen LogP contribution in [0, 0.1) is 24.7 Å². The van der Waals surface area contributed by atoms with Crippen LogP contribution in [-0.4, -0.2) is 49.7 Å². The van der Waals surface area contributed by atoms with E-state index in [0.29, 0.717) is 21.8 Å². The van der Waals surface area contributed by atoms with Gasteiger partial charge in [0.15, 0.2) is 0 Å². The minimum atomic E-state index is -3.20. The molecule has 12 heteroatoms. The Bertz CT molecular complexity index is 1790. The Morgan fingerprint density at radius 2 is 2.00 bits per heavy atom. The number of ether oxygens (including phenoxy) is 1. The zero-order chi connectivity index (χ0) is 30.4. The Balaban J connectivity index is 1.47. The first-order chi connectivity index (χ1) is 19.9. The molecule has 4 N–H and O–H groups in total. The summed E-state index contributed by atoms with van der Waals surface area (Å²) in [5.74, 6) is 8.14. The molecule has 42 heavy (non-hydrogen) atoms. The summed E-state index contributed by atoms with van der Waals surface area (Å²) >= 11 is 0. The fraction of sp³-hybridized carbons (Fsp3) is 0.200. The van der Waals surface area contributed by atoms with Gasteiger partial charge in [-0.15, -0.1) is 0 Å². The molecule has 216 valence electrons. The van der Waals surface area contributed by atoms with Gasteiger partial charge in [-0.3, -0.25) is 23.8 Å². The number of amides is 2. The molecule has 0 radical (unpaired) electrons. The first-order valence-electron chi connectivity index (χ1n) is 12.8. The van der Waals surface area contributed by atoms with E-state index in [-0.39, 0.29) is 47.6 Å². The summed E-state index contributed by atoms with van der Waals surface area (Å²) in [6, 6.07) is 10.1. The second kappa shape index (κ2) is 12.6. The van der Waals surface area contributed by atoms with Crippen LogP contribution in [0.25, 0.3) is 0 Å². The van der Waals surface area contributed by atoms with E-state index in [1.807, 2.05) is 6.08 Å². The molecule has 2 unspecified atom stereocenters. The van der Waals surface area contributed by atoms with Crippen LogP contribution in [-0.2, 0) is 26.3 Å². The lowest BCUT2D eigenvalue weighted by atomic mass is 9.97. The van der Waals surface area contributed by atoms with Crippen LogP contribution in [0.2, 0.25) is 0 Å². The Hall–Kier alpha value is -5.15. The molecule has 4 rings (SSSR count). The number of esters is 1. The maximum Gasteiger partial charge on any atom is 0.306 e. The lowest BCUT2D eigenvalue weighted by Crippen LogP contribution is -2.32. The molecule has 0 aliphatic heterocycles. The minimum absolute atomic E-state index is 0.0930. The number of carbonyl (C=O) groups excluding carboxylic acids is 3. The molecule has 1 aliphatic rings. The van der Waals surface area contributed by atoms with Gasteiger partial charge in [-0.1, -0.05) is 30.1 Å². The summed E-state index contributed by atoms with van der Waals surface area (Å²) in [5, 5.41) is 7.01. The predicted octanol–water partition coefficient (Wildman–Crippen LogP) is 2.74. The molecule has 0 saturated heterocycles. The van der Waals surface area contributed by atoms with Gasteiger partial charge in [0.25, 0.3) is 11.8 Å². The monoisotopic (exact) mass is 586 g/mol. The van der Waals surface area contributed by atoms with Crippen LogP contribution in [0.5, 0.6) is 0 Å². The number of pyridine rings is 1. The topological polar surface area (TPSA) is 158 Å². The van der Waals surface area contributed by atoms with Crippen LogP contribution >= 0.6 is 0 Å². The van der Waals surface area contributed by atoms with Crippen molar-refractivity contribution >= 4 is 44.9 Å². The normalized spacial score (nSPS) is 15.4. The molecule has 1 aromatic carbocycles. The van der Waals surface area contributed by atoms with Crippen LogP contribution < -0.4 is 15.8 Å². The van der Waals surface area contributed by atoms with Gasteiger partial charge in [-0.05, 0) is 61.5 Å². The van der Waals surface area contributed by atoms with Crippen LogP contribution in [0.15, 0.2) is 65.7 Å². The van der Waals surface area contributed by atoms with Crippen LogP contribution in [0.1, 0.15) is 50.5 Å². The number of hydrogen-bond acceptors (Lipinski definition) is 8. The zero-order valence-corrected chi connectivity index (χ0v) is 24.2. The van der Waals surface area contributed by atoms with Crippen molar-refractivity contribution < 1.29 is 23.3 Å². The Morgan fingerprint density at radius 3 is 2.71 bits per heavy atom. The van der Waals surface area contributed by atoms with Crippen molar-refractivity contribution in [2.24, 2.45) is 13.0 Å². The fourth-order valence-corrected chi connectivity index (χ4v) is 5.53. The number of nitrogens with one attached hydrogen (secondary N) is 2. The lowest BCUT2D eigenvalue weighted by Gasteiger charge is -2.21. The quantitative estimate of drug-likeness (QED) is 0.217. The third-order valence-electron chi connectivity index (χ3n) is 6.34. The van der Waals surface area contributed by atoms with Crippen molar-refractivity contribution in [3.05, 3.63) is 93.8 Å². The number of nitrogen functional groups attached to an aromatic ring is 1. The van der Waals surface area contributed by atoms with Crippen molar-refractivity contribution in [1.29, 1.82) is 0 Å². The van der Waals surface area contributed by atoms with Gasteiger partial charge in [0.1, 0.15) is 11.5 Å². The predicted molar refractivity (Wildman–Crippen MR) is 162 cm³/mol. The Labute approximate surface area is 244 Å². The molecule has 11 nitrogen and oxygen atoms in total. The second-order valence-electron chi connectivity index (χ2n) is 9.61. The molecule has 3 aromatic rings. The van der Waals surface area contributed by atoms with Crippen molar-refractivity contribution in [1.82, 2.24) is 19.5 Å². The van der Waals surface area contributed by atoms with Crippen molar-refractivity contribution in [3.8, 4) is 11.8 Å². The van der Waals surface area contributed by atoms with Gasteiger partial charge in [-0.25, -0.2) is 9.19 Å². The molecule has 2 atom stereocenters. The van der Waals surface area contributed by atoms with Gasteiger partial charge in [0, 0.05) is 29.4 Å². The van der Waals surface area contributed by atoms with Gasteiger partial charge in [0.2, 0.25) is 0 Å². The largest absolute Gasteiger partial charge is 0.469 e. The number of aromatic nitrogens is 3. The number of anilines is 2. The summed E-state index contributed by atoms with van der Waals surface area (Å²) < 4.78 is 22.0. The number of methoxy groups -OCH3 is 1. The molecule has 0 bridgehead atoms. The summed E-state index contributed by atoms with van der Waals surface area (Å²) in [5.41, 5.74) is 8.66. The highest BCUT2D eigenvalue weighted by atomic mass is 32.2. The lowest BCUT2D eigenvalue weighted by molar-refractivity contribution is -0.141. The first kappa shape index (κ1) is 29.8. The van der Waals surface area contributed by atoms with Gasteiger partial charge in [0.05, 0.1) is 40.1 Å². The Morgan fingerprint density at radius 1 is 1.21 bits per heavy atom. The van der Waals surface area contributed by atoms with E-state index in [9.17, 15) is 18.6 Å². The summed E-state index contributed by atoms with van der Waals surface area (Å²) in [7, 11) is -0.200. The van der Waals surface area contributed by atoms with E-state index in [2.05, 4.69) is 37.8 Å².